The van der Waals surface area contributed by atoms with Crippen LogP contribution in [0.4, 0.5) is 13.2 Å². The number of nitrogens with zero attached hydrogens (tertiary/aromatic N) is 2. The summed E-state index contributed by atoms with van der Waals surface area (Å²) in [4.78, 5) is 18.6. The number of benzene rings is 2. The maximum atomic E-state index is 13.0. The molecule has 4 rings (SSSR count). The van der Waals surface area contributed by atoms with E-state index in [-0.39, 0.29) is 34.8 Å². The molecule has 1 N–H and O–H groups in total. The van der Waals surface area contributed by atoms with Crippen LogP contribution in [0.3, 0.4) is 0 Å². The summed E-state index contributed by atoms with van der Waals surface area (Å²) in [5, 5.41) is 1.43. The van der Waals surface area contributed by atoms with E-state index < -0.39 is 21.8 Å². The Morgan fingerprint density at radius 3 is 2.63 bits per heavy atom. The third-order valence-corrected chi connectivity index (χ3v) is 8.11. The average Bonchev–Trinajstić information content (AvgIpc) is 3.33. The molecule has 1 aliphatic heterocycles. The maximum Gasteiger partial charge on any atom is 0.416 e. The lowest BCUT2D eigenvalue weighted by molar-refractivity contribution is -0.137. The van der Waals surface area contributed by atoms with Gasteiger partial charge in [-0.05, 0) is 48.7 Å². The molecule has 0 atom stereocenters. The Hall–Kier alpha value is -2.96. The standard InChI is InChI=1S/C23H22F3N3O4S2/c1-2-11-27-35(31,32)22-28-19(14-34-22)21(30)29-12-10-18-15(13-29)4-3-5-20(18)33-17-8-6-16(7-9-17)23(24,25)26/h3-9,14,27H,2,10-13H2,1H3. The van der Waals surface area contributed by atoms with Gasteiger partial charge in [-0.1, -0.05) is 19.1 Å². The quantitative estimate of drug-likeness (QED) is 0.477. The number of sulfonamides is 1. The van der Waals surface area contributed by atoms with Gasteiger partial charge in [0.15, 0.2) is 0 Å². The van der Waals surface area contributed by atoms with Crippen molar-refractivity contribution in [1.29, 1.82) is 0 Å². The van der Waals surface area contributed by atoms with Crippen LogP contribution in [0, 0.1) is 0 Å². The third kappa shape index (κ3) is 5.65. The number of carbonyl (C=O) groups is 1. The second-order valence-electron chi connectivity index (χ2n) is 7.89. The molecule has 0 fully saturated rings. The Kier molecular flexibility index (Phi) is 7.15. The normalized spacial score (nSPS) is 14.0. The molecule has 3 aromatic rings. The van der Waals surface area contributed by atoms with Crippen molar-refractivity contribution in [2.24, 2.45) is 0 Å². The minimum Gasteiger partial charge on any atom is -0.457 e. The van der Waals surface area contributed by atoms with Crippen LogP contribution in [-0.2, 0) is 29.2 Å². The number of ether oxygens (including phenoxy) is 1. The fourth-order valence-corrected chi connectivity index (χ4v) is 5.78. The number of aromatic nitrogens is 1. The molecule has 186 valence electrons. The Bertz CT molecular complexity index is 1320. The second-order valence-corrected chi connectivity index (χ2v) is 10.7. The number of rotatable bonds is 7. The van der Waals surface area contributed by atoms with Crippen LogP contribution in [0.2, 0.25) is 0 Å². The number of fused-ring (bicyclic) bond motifs is 1. The maximum absolute atomic E-state index is 13.0. The highest BCUT2D eigenvalue weighted by molar-refractivity contribution is 7.91. The summed E-state index contributed by atoms with van der Waals surface area (Å²) in [5.41, 5.74) is 1.00. The molecule has 0 saturated heterocycles. The number of nitrogens with one attached hydrogen (secondary N) is 1. The topological polar surface area (TPSA) is 88.6 Å². The summed E-state index contributed by atoms with van der Waals surface area (Å²) in [6.07, 6.45) is -3.33. The summed E-state index contributed by atoms with van der Waals surface area (Å²) < 4.78 is 71.0. The Morgan fingerprint density at radius 1 is 1.20 bits per heavy atom. The van der Waals surface area contributed by atoms with Gasteiger partial charge >= 0.3 is 6.18 Å². The van der Waals surface area contributed by atoms with Gasteiger partial charge in [-0.25, -0.2) is 18.1 Å². The zero-order valence-electron chi connectivity index (χ0n) is 18.6. The van der Waals surface area contributed by atoms with Crippen molar-refractivity contribution in [3.63, 3.8) is 0 Å². The van der Waals surface area contributed by atoms with Crippen molar-refractivity contribution < 1.29 is 31.1 Å². The molecular formula is C23H22F3N3O4S2. The zero-order chi connectivity index (χ0) is 25.2. The number of hydrogen-bond acceptors (Lipinski definition) is 6. The molecule has 7 nitrogen and oxygen atoms in total. The van der Waals surface area contributed by atoms with Gasteiger partial charge in [-0.2, -0.15) is 13.2 Å². The molecule has 0 unspecified atom stereocenters. The van der Waals surface area contributed by atoms with E-state index in [4.69, 9.17) is 4.74 Å². The van der Waals surface area contributed by atoms with Gasteiger partial charge in [0, 0.05) is 30.6 Å². The fourth-order valence-electron chi connectivity index (χ4n) is 3.62. The first kappa shape index (κ1) is 25.1. The summed E-state index contributed by atoms with van der Waals surface area (Å²) in [7, 11) is -3.75. The van der Waals surface area contributed by atoms with Gasteiger partial charge < -0.3 is 9.64 Å². The molecule has 0 saturated carbocycles. The monoisotopic (exact) mass is 525 g/mol. The van der Waals surface area contributed by atoms with E-state index in [0.717, 1.165) is 34.6 Å². The molecule has 0 spiro atoms. The number of hydrogen-bond donors (Lipinski definition) is 1. The van der Waals surface area contributed by atoms with Crippen molar-refractivity contribution in [2.45, 2.75) is 36.8 Å². The summed E-state index contributed by atoms with van der Waals surface area (Å²) >= 11 is 0.892. The molecule has 1 aliphatic rings. The van der Waals surface area contributed by atoms with Gasteiger partial charge in [0.2, 0.25) is 4.34 Å². The summed E-state index contributed by atoms with van der Waals surface area (Å²) in [6, 6.07) is 9.79. The van der Waals surface area contributed by atoms with E-state index >= 15 is 0 Å². The predicted molar refractivity (Wildman–Crippen MR) is 124 cm³/mol. The molecule has 0 radical (unpaired) electrons. The molecular weight excluding hydrogens is 503 g/mol. The molecule has 35 heavy (non-hydrogen) atoms. The van der Waals surface area contributed by atoms with Crippen molar-refractivity contribution >= 4 is 27.3 Å². The van der Waals surface area contributed by atoms with E-state index in [1.807, 2.05) is 13.0 Å². The van der Waals surface area contributed by atoms with Crippen molar-refractivity contribution in [1.82, 2.24) is 14.6 Å². The number of alkyl halides is 3. The van der Waals surface area contributed by atoms with Crippen molar-refractivity contribution in [2.75, 3.05) is 13.1 Å². The molecule has 0 bridgehead atoms. The molecule has 1 aromatic heterocycles. The Morgan fingerprint density at radius 2 is 1.94 bits per heavy atom. The van der Waals surface area contributed by atoms with Crippen molar-refractivity contribution in [3.05, 3.63) is 70.2 Å². The summed E-state index contributed by atoms with van der Waals surface area (Å²) in [5.74, 6) is 0.411. The van der Waals surface area contributed by atoms with Crippen LogP contribution in [0.1, 0.15) is 40.5 Å². The predicted octanol–water partition coefficient (Wildman–Crippen LogP) is 4.84. The number of halogens is 3. The lowest BCUT2D eigenvalue weighted by Crippen LogP contribution is -2.36. The van der Waals surface area contributed by atoms with Crippen LogP contribution in [0.15, 0.2) is 52.2 Å². The molecule has 12 heteroatoms. The van der Waals surface area contributed by atoms with Crippen LogP contribution in [0.5, 0.6) is 11.5 Å². The smallest absolute Gasteiger partial charge is 0.416 e. The lowest BCUT2D eigenvalue weighted by Gasteiger charge is -2.29. The highest BCUT2D eigenvalue weighted by Crippen LogP contribution is 2.34. The average molecular weight is 526 g/mol. The first-order valence-corrected chi connectivity index (χ1v) is 13.1. The van der Waals surface area contributed by atoms with Crippen LogP contribution >= 0.6 is 11.3 Å². The fraction of sp³-hybridized carbons (Fsp3) is 0.304. The van der Waals surface area contributed by atoms with Gasteiger partial charge in [-0.15, -0.1) is 11.3 Å². The number of amides is 1. The minimum atomic E-state index is -4.42. The van der Waals surface area contributed by atoms with Crippen LogP contribution in [-0.4, -0.2) is 37.3 Å². The highest BCUT2D eigenvalue weighted by Gasteiger charge is 2.30. The number of carbonyl (C=O) groups excluding carboxylic acids is 1. The first-order valence-electron chi connectivity index (χ1n) is 10.8. The van der Waals surface area contributed by atoms with Gasteiger partial charge in [0.05, 0.1) is 5.56 Å². The third-order valence-electron chi connectivity index (χ3n) is 5.39. The second kappa shape index (κ2) is 9.96. The molecule has 0 aliphatic carbocycles. The van der Waals surface area contributed by atoms with Gasteiger partial charge in [0.25, 0.3) is 15.9 Å². The van der Waals surface area contributed by atoms with Gasteiger partial charge in [0.1, 0.15) is 17.2 Å². The Balaban J connectivity index is 1.47. The van der Waals surface area contributed by atoms with Gasteiger partial charge in [-0.3, -0.25) is 4.79 Å². The highest BCUT2D eigenvalue weighted by atomic mass is 32.2. The Labute approximate surface area is 204 Å². The zero-order valence-corrected chi connectivity index (χ0v) is 20.3. The van der Waals surface area contributed by atoms with E-state index in [0.29, 0.717) is 25.1 Å². The molecule has 2 aromatic carbocycles. The minimum absolute atomic E-state index is 0.0625. The van der Waals surface area contributed by atoms with Crippen LogP contribution in [0.25, 0.3) is 0 Å². The molecule has 1 amide bonds. The SMILES string of the molecule is CCCNS(=O)(=O)c1nc(C(=O)N2CCc3c(cccc3Oc3ccc(C(F)(F)F)cc3)C2)cs1. The van der Waals surface area contributed by atoms with Crippen LogP contribution < -0.4 is 9.46 Å². The summed E-state index contributed by atoms with van der Waals surface area (Å²) in [6.45, 7) is 2.75. The van der Waals surface area contributed by atoms with Crippen molar-refractivity contribution in [3.8, 4) is 11.5 Å². The van der Waals surface area contributed by atoms with E-state index in [1.54, 1.807) is 17.0 Å². The lowest BCUT2D eigenvalue weighted by atomic mass is 9.98. The number of thiazole rings is 1. The van der Waals surface area contributed by atoms with E-state index in [9.17, 15) is 26.4 Å². The molecule has 2 heterocycles. The first-order chi connectivity index (χ1) is 16.6. The largest absolute Gasteiger partial charge is 0.457 e. The van der Waals surface area contributed by atoms with E-state index in [1.165, 1.54) is 17.5 Å². The van der Waals surface area contributed by atoms with E-state index in [2.05, 4.69) is 9.71 Å².